The molecule has 1 aromatic heterocycles. The summed E-state index contributed by atoms with van der Waals surface area (Å²) < 4.78 is 43.3. The zero-order chi connectivity index (χ0) is 20.3. The van der Waals surface area contributed by atoms with E-state index in [1.165, 1.54) is 18.3 Å². The smallest absolute Gasteiger partial charge is 0.383 e. The third kappa shape index (κ3) is 4.31. The minimum atomic E-state index is -4.38. The van der Waals surface area contributed by atoms with E-state index < -0.39 is 11.7 Å². The highest BCUT2D eigenvalue weighted by atomic mass is 19.4. The van der Waals surface area contributed by atoms with E-state index >= 15 is 0 Å². The third-order valence-corrected chi connectivity index (χ3v) is 4.29. The van der Waals surface area contributed by atoms with Gasteiger partial charge >= 0.3 is 6.18 Å². The van der Waals surface area contributed by atoms with Crippen LogP contribution in [0, 0.1) is 0 Å². The van der Waals surface area contributed by atoms with Gasteiger partial charge in [0.25, 0.3) is 5.91 Å². The number of benzene rings is 2. The topological polar surface area (TPSA) is 51.2 Å². The largest absolute Gasteiger partial charge is 0.416 e. The molecular formula is C21H19F3N2O2. The number of pyridine rings is 1. The third-order valence-electron chi connectivity index (χ3n) is 4.29. The minimum Gasteiger partial charge on any atom is -0.383 e. The average Bonchev–Trinajstić information content (AvgIpc) is 2.66. The number of amides is 1. The van der Waals surface area contributed by atoms with Crippen molar-refractivity contribution in [1.82, 2.24) is 10.3 Å². The summed E-state index contributed by atoms with van der Waals surface area (Å²) in [6.45, 7) is 2.23. The molecule has 0 bridgehead atoms. The first-order valence-corrected chi connectivity index (χ1v) is 8.66. The molecule has 0 unspecified atom stereocenters. The summed E-state index contributed by atoms with van der Waals surface area (Å²) in [5, 5.41) is 3.54. The van der Waals surface area contributed by atoms with Crippen LogP contribution in [0.5, 0.6) is 0 Å². The van der Waals surface area contributed by atoms with E-state index in [1.54, 1.807) is 25.3 Å². The van der Waals surface area contributed by atoms with Gasteiger partial charge in [0.15, 0.2) is 0 Å². The van der Waals surface area contributed by atoms with E-state index in [1.807, 2.05) is 13.0 Å². The van der Waals surface area contributed by atoms with Crippen molar-refractivity contribution in [2.75, 3.05) is 13.7 Å². The fourth-order valence-electron chi connectivity index (χ4n) is 2.96. The molecule has 1 N–H and O–H groups in total. The first-order valence-electron chi connectivity index (χ1n) is 8.66. The van der Waals surface area contributed by atoms with Crippen LogP contribution in [0.25, 0.3) is 22.0 Å². The highest BCUT2D eigenvalue weighted by Gasteiger charge is 2.30. The van der Waals surface area contributed by atoms with Gasteiger partial charge in [-0.05, 0) is 30.7 Å². The maximum absolute atomic E-state index is 12.8. The summed E-state index contributed by atoms with van der Waals surface area (Å²) in [4.78, 5) is 16.7. The fourth-order valence-corrected chi connectivity index (χ4v) is 2.96. The highest BCUT2D eigenvalue weighted by molar-refractivity contribution is 6.00. The lowest BCUT2D eigenvalue weighted by atomic mass is 10.00. The number of carbonyl (C=O) groups excluding carboxylic acids is 1. The molecule has 3 rings (SSSR count). The van der Waals surface area contributed by atoms with Gasteiger partial charge in [-0.3, -0.25) is 9.78 Å². The number of nitrogens with zero attached hydrogens (tertiary/aromatic N) is 1. The molecule has 0 fully saturated rings. The minimum absolute atomic E-state index is 0.147. The van der Waals surface area contributed by atoms with Gasteiger partial charge in [-0.1, -0.05) is 30.3 Å². The number of ether oxygens (including phenoxy) is 1. The zero-order valence-electron chi connectivity index (χ0n) is 15.4. The number of para-hydroxylation sites is 1. The van der Waals surface area contributed by atoms with E-state index in [9.17, 15) is 18.0 Å². The van der Waals surface area contributed by atoms with Crippen LogP contribution in [-0.2, 0) is 10.9 Å². The fraction of sp³-hybridized carbons (Fsp3) is 0.238. The Morgan fingerprint density at radius 1 is 1.18 bits per heavy atom. The summed E-state index contributed by atoms with van der Waals surface area (Å²) >= 11 is 0. The number of aromatic nitrogens is 1. The Kier molecular flexibility index (Phi) is 5.65. The van der Waals surface area contributed by atoms with E-state index in [0.29, 0.717) is 28.8 Å². The van der Waals surface area contributed by atoms with E-state index in [2.05, 4.69) is 10.3 Å². The van der Waals surface area contributed by atoms with Crippen LogP contribution >= 0.6 is 0 Å². The van der Waals surface area contributed by atoms with Crippen molar-refractivity contribution < 1.29 is 22.7 Å². The molecule has 7 heteroatoms. The number of hydrogen-bond donors (Lipinski definition) is 1. The van der Waals surface area contributed by atoms with Gasteiger partial charge in [0, 0.05) is 30.3 Å². The van der Waals surface area contributed by atoms with Crippen LogP contribution in [0.3, 0.4) is 0 Å². The molecule has 0 radical (unpaired) electrons. The number of methoxy groups -OCH3 is 1. The molecule has 0 aliphatic heterocycles. The molecular weight excluding hydrogens is 369 g/mol. The molecule has 0 aliphatic carbocycles. The van der Waals surface area contributed by atoms with Crippen molar-refractivity contribution in [3.8, 4) is 11.1 Å². The molecule has 1 heterocycles. The van der Waals surface area contributed by atoms with E-state index in [-0.39, 0.29) is 11.9 Å². The van der Waals surface area contributed by atoms with Gasteiger partial charge in [0.05, 0.1) is 23.3 Å². The van der Waals surface area contributed by atoms with Crippen LogP contribution in [-0.4, -0.2) is 30.6 Å². The van der Waals surface area contributed by atoms with Crippen LogP contribution in [0.2, 0.25) is 0 Å². The molecule has 146 valence electrons. The lowest BCUT2D eigenvalue weighted by Crippen LogP contribution is -2.35. The van der Waals surface area contributed by atoms with Gasteiger partial charge < -0.3 is 10.1 Å². The number of nitrogens with one attached hydrogen (secondary N) is 1. The monoisotopic (exact) mass is 388 g/mol. The summed E-state index contributed by atoms with van der Waals surface area (Å²) in [6.07, 6.45) is -2.91. The van der Waals surface area contributed by atoms with Crippen LogP contribution in [0.1, 0.15) is 22.8 Å². The van der Waals surface area contributed by atoms with Crippen molar-refractivity contribution in [3.05, 3.63) is 65.9 Å². The Balaban J connectivity index is 1.93. The van der Waals surface area contributed by atoms with Crippen LogP contribution in [0.4, 0.5) is 13.2 Å². The van der Waals surface area contributed by atoms with Crippen LogP contribution in [0.15, 0.2) is 54.7 Å². The summed E-state index contributed by atoms with van der Waals surface area (Å²) in [5.74, 6) is -0.265. The second kappa shape index (κ2) is 7.98. The van der Waals surface area contributed by atoms with Gasteiger partial charge in [-0.25, -0.2) is 0 Å². The van der Waals surface area contributed by atoms with Crippen molar-refractivity contribution in [1.29, 1.82) is 0 Å². The van der Waals surface area contributed by atoms with E-state index in [4.69, 9.17) is 4.74 Å². The predicted molar refractivity (Wildman–Crippen MR) is 101 cm³/mol. The van der Waals surface area contributed by atoms with Crippen molar-refractivity contribution >= 4 is 16.8 Å². The maximum Gasteiger partial charge on any atom is 0.416 e. The van der Waals surface area contributed by atoms with Gasteiger partial charge in [0.1, 0.15) is 0 Å². The molecule has 4 nitrogen and oxygen atoms in total. The number of halogens is 3. The van der Waals surface area contributed by atoms with Gasteiger partial charge in [0.2, 0.25) is 0 Å². The lowest BCUT2D eigenvalue weighted by Gasteiger charge is -2.13. The molecule has 1 atom stereocenters. The summed E-state index contributed by atoms with van der Waals surface area (Å²) in [5.41, 5.74) is 1.64. The Labute approximate surface area is 160 Å². The number of rotatable bonds is 5. The zero-order valence-corrected chi connectivity index (χ0v) is 15.4. The molecule has 0 saturated carbocycles. The Bertz CT molecular complexity index is 985. The molecule has 0 spiro atoms. The Morgan fingerprint density at radius 3 is 2.54 bits per heavy atom. The van der Waals surface area contributed by atoms with Gasteiger partial charge in [-0.15, -0.1) is 0 Å². The molecule has 0 saturated heterocycles. The second-order valence-electron chi connectivity index (χ2n) is 6.51. The molecule has 2 aromatic carbocycles. The summed E-state index contributed by atoms with van der Waals surface area (Å²) in [7, 11) is 1.56. The first-order chi connectivity index (χ1) is 13.3. The summed E-state index contributed by atoms with van der Waals surface area (Å²) in [6, 6.07) is 11.9. The lowest BCUT2D eigenvalue weighted by molar-refractivity contribution is -0.137. The standard InChI is InChI=1S/C21H19F3N2O2/c1-13(12-28-2)26-20(27)16-10-15-4-3-5-18(19(15)25-11-16)14-6-8-17(9-7-14)21(22,23)24/h3-11,13H,12H2,1-2H3,(H,26,27)/t13-/m0/s1. The SMILES string of the molecule is COC[C@H](C)NC(=O)c1cnc2c(-c3ccc(C(F)(F)F)cc3)cccc2c1. The maximum atomic E-state index is 12.8. The average molecular weight is 388 g/mol. The second-order valence-corrected chi connectivity index (χ2v) is 6.51. The molecule has 1 amide bonds. The first kappa shape index (κ1) is 19.8. The predicted octanol–water partition coefficient (Wildman–Crippen LogP) is 4.69. The van der Waals surface area contributed by atoms with Crippen molar-refractivity contribution in [3.63, 3.8) is 0 Å². The Morgan fingerprint density at radius 2 is 1.89 bits per heavy atom. The number of fused-ring (bicyclic) bond motifs is 1. The number of carbonyl (C=O) groups is 1. The molecule has 3 aromatic rings. The normalized spacial score (nSPS) is 12.8. The highest BCUT2D eigenvalue weighted by Crippen LogP contribution is 2.32. The number of hydrogen-bond acceptors (Lipinski definition) is 3. The van der Waals surface area contributed by atoms with Gasteiger partial charge in [-0.2, -0.15) is 13.2 Å². The Hall–Kier alpha value is -2.93. The van der Waals surface area contributed by atoms with Crippen molar-refractivity contribution in [2.45, 2.75) is 19.1 Å². The van der Waals surface area contributed by atoms with E-state index in [0.717, 1.165) is 17.5 Å². The quantitative estimate of drug-likeness (QED) is 0.690. The molecule has 28 heavy (non-hydrogen) atoms. The number of alkyl halides is 3. The molecule has 0 aliphatic rings. The van der Waals surface area contributed by atoms with Crippen LogP contribution < -0.4 is 5.32 Å². The van der Waals surface area contributed by atoms with Crippen molar-refractivity contribution in [2.24, 2.45) is 0 Å².